The average molecular weight is 391 g/mol. The minimum atomic E-state index is 0.250. The van der Waals surface area contributed by atoms with E-state index in [1.165, 1.54) is 0 Å². The summed E-state index contributed by atoms with van der Waals surface area (Å²) in [5.41, 5.74) is 0.844. The first-order valence-electron chi connectivity index (χ1n) is 6.89. The maximum atomic E-state index is 5.37. The van der Waals surface area contributed by atoms with E-state index >= 15 is 0 Å². The Bertz CT molecular complexity index is 853. The molecular formula is C16H11BrN2O3S. The second kappa shape index (κ2) is 6.25. The van der Waals surface area contributed by atoms with E-state index in [2.05, 4.69) is 32.1 Å². The van der Waals surface area contributed by atoms with E-state index < -0.39 is 0 Å². The van der Waals surface area contributed by atoms with Gasteiger partial charge in [-0.2, -0.15) is 4.98 Å². The Hall–Kier alpha value is -1.99. The largest absolute Gasteiger partial charge is 0.454 e. The highest BCUT2D eigenvalue weighted by Crippen LogP contribution is 2.35. The smallest absolute Gasteiger partial charge is 0.237 e. The first-order valence-corrected chi connectivity index (χ1v) is 8.67. The van der Waals surface area contributed by atoms with E-state index in [0.717, 1.165) is 20.7 Å². The molecule has 23 heavy (non-hydrogen) atoms. The van der Waals surface area contributed by atoms with Crippen molar-refractivity contribution in [1.29, 1.82) is 0 Å². The molecule has 3 aromatic rings. The van der Waals surface area contributed by atoms with Crippen LogP contribution in [0, 0.1) is 0 Å². The molecule has 7 heteroatoms. The second-order valence-electron chi connectivity index (χ2n) is 4.83. The van der Waals surface area contributed by atoms with E-state index in [4.69, 9.17) is 14.0 Å². The van der Waals surface area contributed by atoms with Crippen LogP contribution in [-0.4, -0.2) is 16.9 Å². The number of fused-ring (bicyclic) bond motifs is 1. The van der Waals surface area contributed by atoms with Crippen LogP contribution in [0.2, 0.25) is 0 Å². The van der Waals surface area contributed by atoms with Crippen molar-refractivity contribution in [2.45, 2.75) is 10.6 Å². The third kappa shape index (κ3) is 3.20. The van der Waals surface area contributed by atoms with Crippen LogP contribution in [-0.2, 0) is 5.75 Å². The molecule has 0 radical (unpaired) electrons. The van der Waals surface area contributed by atoms with Gasteiger partial charge in [0.1, 0.15) is 0 Å². The summed E-state index contributed by atoms with van der Waals surface area (Å²) in [5.74, 6) is 3.20. The zero-order valence-corrected chi connectivity index (χ0v) is 14.3. The van der Waals surface area contributed by atoms with Crippen LogP contribution in [0.15, 0.2) is 56.4 Å². The summed E-state index contributed by atoms with van der Waals surface area (Å²) in [7, 11) is 0. The molecule has 1 aromatic heterocycles. The number of aromatic nitrogens is 2. The van der Waals surface area contributed by atoms with Crippen molar-refractivity contribution in [3.8, 4) is 22.9 Å². The lowest BCUT2D eigenvalue weighted by Crippen LogP contribution is -1.92. The lowest BCUT2D eigenvalue weighted by atomic mass is 10.2. The number of benzene rings is 2. The number of thioether (sulfide) groups is 1. The fourth-order valence-corrected chi connectivity index (χ4v) is 3.51. The molecule has 4 rings (SSSR count). The van der Waals surface area contributed by atoms with Gasteiger partial charge in [0.25, 0.3) is 0 Å². The molecule has 2 aromatic carbocycles. The fourth-order valence-electron chi connectivity index (χ4n) is 2.17. The van der Waals surface area contributed by atoms with Gasteiger partial charge in [0.2, 0.25) is 18.5 Å². The van der Waals surface area contributed by atoms with E-state index in [0.29, 0.717) is 23.2 Å². The minimum Gasteiger partial charge on any atom is -0.454 e. The highest BCUT2D eigenvalue weighted by Gasteiger charge is 2.16. The predicted octanol–water partition coefficient (Wildman–Crippen LogP) is 4.52. The topological polar surface area (TPSA) is 57.4 Å². The Balaban J connectivity index is 1.48. The summed E-state index contributed by atoms with van der Waals surface area (Å²) in [5, 5.41) is 4.04. The molecule has 1 aliphatic rings. The lowest BCUT2D eigenvalue weighted by Gasteiger charge is -1.98. The molecule has 5 nitrogen and oxygen atoms in total. The van der Waals surface area contributed by atoms with Crippen molar-refractivity contribution < 1.29 is 14.0 Å². The van der Waals surface area contributed by atoms with Crippen molar-refractivity contribution in [3.05, 3.63) is 52.8 Å². The van der Waals surface area contributed by atoms with Crippen molar-refractivity contribution >= 4 is 27.7 Å². The maximum absolute atomic E-state index is 5.37. The molecule has 1 aliphatic heterocycles. The Morgan fingerprint density at radius 3 is 2.91 bits per heavy atom. The van der Waals surface area contributed by atoms with E-state index in [1.54, 1.807) is 11.8 Å². The first-order chi connectivity index (χ1) is 11.3. The quantitative estimate of drug-likeness (QED) is 0.610. The Labute approximate surface area is 145 Å². The molecule has 0 unspecified atom stereocenters. The van der Waals surface area contributed by atoms with E-state index in [1.807, 2.05) is 36.4 Å². The standard InChI is InChI=1S/C16H11BrN2O3S/c17-11-2-1-3-12(7-11)23-8-15-18-16(19-22-15)10-4-5-13-14(6-10)21-9-20-13/h1-7H,8-9H2. The number of ether oxygens (including phenoxy) is 2. The van der Waals surface area contributed by atoms with Crippen molar-refractivity contribution in [2.75, 3.05) is 6.79 Å². The van der Waals surface area contributed by atoms with Crippen LogP contribution in [0.4, 0.5) is 0 Å². The molecule has 0 amide bonds. The molecule has 0 N–H and O–H groups in total. The summed E-state index contributed by atoms with van der Waals surface area (Å²) in [6.07, 6.45) is 0. The molecule has 0 fully saturated rings. The lowest BCUT2D eigenvalue weighted by molar-refractivity contribution is 0.174. The molecule has 0 saturated carbocycles. The van der Waals surface area contributed by atoms with Crippen LogP contribution >= 0.6 is 27.7 Å². The first kappa shape index (κ1) is 14.6. The van der Waals surface area contributed by atoms with Gasteiger partial charge in [0.15, 0.2) is 11.5 Å². The van der Waals surface area contributed by atoms with Gasteiger partial charge in [-0.1, -0.05) is 27.2 Å². The Morgan fingerprint density at radius 2 is 2.00 bits per heavy atom. The second-order valence-corrected chi connectivity index (χ2v) is 6.79. The Morgan fingerprint density at radius 1 is 1.09 bits per heavy atom. The summed E-state index contributed by atoms with van der Waals surface area (Å²) >= 11 is 5.11. The molecule has 0 saturated heterocycles. The van der Waals surface area contributed by atoms with Crippen LogP contribution in [0.25, 0.3) is 11.4 Å². The number of halogens is 1. The average Bonchev–Trinajstić information content (AvgIpc) is 3.21. The molecule has 2 heterocycles. The summed E-state index contributed by atoms with van der Waals surface area (Å²) < 4.78 is 17.0. The molecule has 0 spiro atoms. The van der Waals surface area contributed by atoms with Gasteiger partial charge in [-0.25, -0.2) is 0 Å². The van der Waals surface area contributed by atoms with Crippen LogP contribution < -0.4 is 9.47 Å². The molecule has 0 bridgehead atoms. The molecule has 0 atom stereocenters. The third-order valence-electron chi connectivity index (χ3n) is 3.26. The normalized spacial score (nSPS) is 12.6. The zero-order chi connectivity index (χ0) is 15.6. The highest BCUT2D eigenvalue weighted by molar-refractivity contribution is 9.10. The van der Waals surface area contributed by atoms with Crippen LogP contribution in [0.3, 0.4) is 0 Å². The molecular weight excluding hydrogens is 380 g/mol. The van der Waals surface area contributed by atoms with Gasteiger partial charge in [-0.3, -0.25) is 0 Å². The fraction of sp³-hybridized carbons (Fsp3) is 0.125. The molecule has 0 aliphatic carbocycles. The van der Waals surface area contributed by atoms with E-state index in [-0.39, 0.29) is 6.79 Å². The zero-order valence-electron chi connectivity index (χ0n) is 11.9. The SMILES string of the molecule is Brc1cccc(SCc2nc(-c3ccc4c(c3)OCO4)no2)c1. The van der Waals surface area contributed by atoms with Gasteiger partial charge < -0.3 is 14.0 Å². The number of hydrogen-bond donors (Lipinski definition) is 0. The van der Waals surface area contributed by atoms with Crippen LogP contribution in [0.5, 0.6) is 11.5 Å². The minimum absolute atomic E-state index is 0.250. The monoisotopic (exact) mass is 390 g/mol. The van der Waals surface area contributed by atoms with Gasteiger partial charge >= 0.3 is 0 Å². The summed E-state index contributed by atoms with van der Waals surface area (Å²) in [4.78, 5) is 5.58. The highest BCUT2D eigenvalue weighted by atomic mass is 79.9. The van der Waals surface area contributed by atoms with Crippen molar-refractivity contribution in [3.63, 3.8) is 0 Å². The van der Waals surface area contributed by atoms with Gasteiger partial charge in [0.05, 0.1) is 5.75 Å². The van der Waals surface area contributed by atoms with Gasteiger partial charge in [-0.05, 0) is 36.4 Å². The predicted molar refractivity (Wildman–Crippen MR) is 89.6 cm³/mol. The van der Waals surface area contributed by atoms with Gasteiger partial charge in [-0.15, -0.1) is 11.8 Å². The van der Waals surface area contributed by atoms with Crippen molar-refractivity contribution in [1.82, 2.24) is 10.1 Å². The number of hydrogen-bond acceptors (Lipinski definition) is 6. The molecule has 116 valence electrons. The third-order valence-corrected chi connectivity index (χ3v) is 4.73. The van der Waals surface area contributed by atoms with Crippen molar-refractivity contribution in [2.24, 2.45) is 0 Å². The number of nitrogens with zero attached hydrogens (tertiary/aromatic N) is 2. The summed E-state index contributed by atoms with van der Waals surface area (Å²) in [6.45, 7) is 0.250. The maximum Gasteiger partial charge on any atom is 0.237 e. The van der Waals surface area contributed by atoms with Crippen LogP contribution in [0.1, 0.15) is 5.89 Å². The Kier molecular flexibility index (Phi) is 3.97. The van der Waals surface area contributed by atoms with E-state index in [9.17, 15) is 0 Å². The van der Waals surface area contributed by atoms with Gasteiger partial charge in [0, 0.05) is 14.9 Å². The summed E-state index contributed by atoms with van der Waals surface area (Å²) in [6, 6.07) is 13.7. The number of rotatable bonds is 4.